The van der Waals surface area contributed by atoms with Crippen molar-refractivity contribution in [3.63, 3.8) is 0 Å². The molecule has 0 fully saturated rings. The summed E-state index contributed by atoms with van der Waals surface area (Å²) in [7, 11) is 0. The molecule has 6 heteroatoms. The zero-order valence-corrected chi connectivity index (χ0v) is 17.0. The Kier molecular flexibility index (Phi) is 5.88. The van der Waals surface area contributed by atoms with E-state index in [0.29, 0.717) is 12.8 Å². The van der Waals surface area contributed by atoms with Crippen LogP contribution in [-0.4, -0.2) is 32.1 Å². The van der Waals surface area contributed by atoms with Crippen LogP contribution in [0.5, 0.6) is 0 Å². The molecule has 0 spiro atoms. The Morgan fingerprint density at radius 1 is 0.778 bits per heavy atom. The van der Waals surface area contributed by atoms with Gasteiger partial charge in [-0.25, -0.2) is 9.59 Å². The minimum atomic E-state index is -0.973. The molecule has 27 heavy (non-hydrogen) atoms. The second-order valence-electron chi connectivity index (χ2n) is 7.06. The van der Waals surface area contributed by atoms with Gasteiger partial charge in [0.2, 0.25) is 0 Å². The molecular weight excluding hydrogens is 344 g/mol. The highest BCUT2D eigenvalue weighted by atomic mass is 16.4. The van der Waals surface area contributed by atoms with Gasteiger partial charge in [0, 0.05) is 11.4 Å². The lowest BCUT2D eigenvalue weighted by molar-refractivity contribution is 0.0679. The van der Waals surface area contributed by atoms with Crippen molar-refractivity contribution in [2.75, 3.05) is 0 Å². The molecule has 148 valence electrons. The summed E-state index contributed by atoms with van der Waals surface area (Å²) in [4.78, 5) is 29.8. The monoisotopic (exact) mass is 374 g/mol. The molecule has 4 N–H and O–H groups in total. The Bertz CT molecular complexity index is 801. The predicted octanol–water partition coefficient (Wildman–Crippen LogP) is 4.59. The number of carbonyl (C=O) groups is 2. The molecule has 2 aromatic rings. The van der Waals surface area contributed by atoms with Gasteiger partial charge in [-0.1, -0.05) is 27.7 Å². The Morgan fingerprint density at radius 2 is 1.11 bits per heavy atom. The van der Waals surface area contributed by atoms with Crippen molar-refractivity contribution in [3.8, 4) is 0 Å². The van der Waals surface area contributed by atoms with Crippen LogP contribution in [0.25, 0.3) is 0 Å². The van der Waals surface area contributed by atoms with Gasteiger partial charge in [-0.2, -0.15) is 0 Å². The van der Waals surface area contributed by atoms with E-state index in [2.05, 4.69) is 23.8 Å². The second-order valence-corrected chi connectivity index (χ2v) is 7.06. The maximum absolute atomic E-state index is 11.7. The summed E-state index contributed by atoms with van der Waals surface area (Å²) in [5.41, 5.74) is 5.23. The van der Waals surface area contributed by atoms with E-state index in [-0.39, 0.29) is 11.4 Å². The SMILES string of the molecule is CCc1c(C(CC)(CC)c2[nH]c(C(=O)O)c(C)c2CC)[nH]c(C(=O)O)c1C. The Balaban J connectivity index is 2.89. The van der Waals surface area contributed by atoms with E-state index in [0.717, 1.165) is 46.5 Å². The molecule has 0 saturated heterocycles. The summed E-state index contributed by atoms with van der Waals surface area (Å²) in [6.45, 7) is 11.8. The molecule has 0 aliphatic carbocycles. The van der Waals surface area contributed by atoms with Crippen molar-refractivity contribution in [1.29, 1.82) is 0 Å². The molecule has 0 unspecified atom stereocenters. The quantitative estimate of drug-likeness (QED) is 0.542. The number of aromatic nitrogens is 2. The summed E-state index contributed by atoms with van der Waals surface area (Å²) in [6.07, 6.45) is 2.86. The van der Waals surface area contributed by atoms with Crippen LogP contribution in [0.1, 0.15) is 95.2 Å². The van der Waals surface area contributed by atoms with E-state index in [1.165, 1.54) is 0 Å². The molecule has 0 aliphatic heterocycles. The van der Waals surface area contributed by atoms with Gasteiger partial charge in [0.1, 0.15) is 11.4 Å². The fourth-order valence-electron chi connectivity index (χ4n) is 4.48. The molecule has 0 aliphatic rings. The first-order valence-corrected chi connectivity index (χ1v) is 9.60. The lowest BCUT2D eigenvalue weighted by Crippen LogP contribution is -2.30. The highest BCUT2D eigenvalue weighted by Crippen LogP contribution is 2.43. The molecule has 2 rings (SSSR count). The molecule has 0 amide bonds. The van der Waals surface area contributed by atoms with E-state index in [9.17, 15) is 19.8 Å². The van der Waals surface area contributed by atoms with Crippen LogP contribution in [0, 0.1) is 13.8 Å². The second kappa shape index (κ2) is 7.62. The average molecular weight is 374 g/mol. The van der Waals surface area contributed by atoms with Crippen molar-refractivity contribution in [2.45, 2.75) is 72.6 Å². The fraction of sp³-hybridized carbons (Fsp3) is 0.524. The number of aromatic carboxylic acids is 2. The normalized spacial score (nSPS) is 11.8. The first kappa shape index (κ1) is 20.8. The summed E-state index contributed by atoms with van der Waals surface area (Å²) >= 11 is 0. The smallest absolute Gasteiger partial charge is 0.352 e. The van der Waals surface area contributed by atoms with Gasteiger partial charge >= 0.3 is 11.9 Å². The standard InChI is InChI=1S/C21H30N2O4/c1-7-13-11(5)15(19(24)25)22-17(13)21(9-3,10-4)18-14(8-2)12(6)16(23-18)20(26)27/h22-23H,7-10H2,1-6H3,(H,24,25)(H,26,27). The summed E-state index contributed by atoms with van der Waals surface area (Å²) in [6, 6.07) is 0. The van der Waals surface area contributed by atoms with Crippen LogP contribution in [0.2, 0.25) is 0 Å². The van der Waals surface area contributed by atoms with Crippen molar-refractivity contribution >= 4 is 11.9 Å². The molecule has 0 bridgehead atoms. The van der Waals surface area contributed by atoms with E-state index in [1.54, 1.807) is 0 Å². The molecule has 0 radical (unpaired) electrons. The Labute approximate surface area is 160 Å². The third-order valence-electron chi connectivity index (χ3n) is 6.06. The molecule has 0 aromatic carbocycles. The average Bonchev–Trinajstić information content (AvgIpc) is 3.14. The minimum absolute atomic E-state index is 0.216. The van der Waals surface area contributed by atoms with Gasteiger partial charge in [-0.3, -0.25) is 0 Å². The van der Waals surface area contributed by atoms with Crippen LogP contribution in [0.4, 0.5) is 0 Å². The van der Waals surface area contributed by atoms with Gasteiger partial charge in [0.25, 0.3) is 0 Å². The summed E-state index contributed by atoms with van der Waals surface area (Å²) < 4.78 is 0. The maximum atomic E-state index is 11.7. The van der Waals surface area contributed by atoms with E-state index in [4.69, 9.17) is 0 Å². The van der Waals surface area contributed by atoms with Crippen molar-refractivity contribution < 1.29 is 19.8 Å². The largest absolute Gasteiger partial charge is 0.477 e. The van der Waals surface area contributed by atoms with E-state index < -0.39 is 17.4 Å². The number of H-pyrrole nitrogens is 2. The van der Waals surface area contributed by atoms with Crippen LogP contribution < -0.4 is 0 Å². The zero-order valence-electron chi connectivity index (χ0n) is 17.0. The molecule has 2 heterocycles. The predicted molar refractivity (Wildman–Crippen MR) is 105 cm³/mol. The van der Waals surface area contributed by atoms with E-state index >= 15 is 0 Å². The third-order valence-corrected chi connectivity index (χ3v) is 6.06. The number of carboxylic acid groups (broad SMARTS) is 2. The van der Waals surface area contributed by atoms with Gasteiger partial charge in [-0.05, 0) is 61.8 Å². The lowest BCUT2D eigenvalue weighted by atomic mass is 9.72. The van der Waals surface area contributed by atoms with Crippen LogP contribution >= 0.6 is 0 Å². The maximum Gasteiger partial charge on any atom is 0.352 e. The Morgan fingerprint density at radius 3 is 1.33 bits per heavy atom. The van der Waals surface area contributed by atoms with Gasteiger partial charge in [0.15, 0.2) is 0 Å². The molecule has 0 saturated carbocycles. The topological polar surface area (TPSA) is 106 Å². The summed E-state index contributed by atoms with van der Waals surface area (Å²) in [5.74, 6) is -1.95. The number of aromatic amines is 2. The van der Waals surface area contributed by atoms with Crippen molar-refractivity contribution in [1.82, 2.24) is 9.97 Å². The molecule has 6 nitrogen and oxygen atoms in total. The first-order valence-electron chi connectivity index (χ1n) is 9.60. The highest BCUT2D eigenvalue weighted by molar-refractivity contribution is 5.89. The number of nitrogens with one attached hydrogen (secondary N) is 2. The number of hydrogen-bond acceptors (Lipinski definition) is 2. The van der Waals surface area contributed by atoms with Gasteiger partial charge in [-0.15, -0.1) is 0 Å². The van der Waals surface area contributed by atoms with Crippen LogP contribution in [-0.2, 0) is 18.3 Å². The van der Waals surface area contributed by atoms with Crippen LogP contribution in [0.15, 0.2) is 0 Å². The van der Waals surface area contributed by atoms with Crippen molar-refractivity contribution in [2.24, 2.45) is 0 Å². The third kappa shape index (κ3) is 3.07. The van der Waals surface area contributed by atoms with Crippen molar-refractivity contribution in [3.05, 3.63) is 45.0 Å². The molecular formula is C21H30N2O4. The van der Waals surface area contributed by atoms with Gasteiger partial charge in [0.05, 0.1) is 5.41 Å². The molecule has 2 aromatic heterocycles. The van der Waals surface area contributed by atoms with Crippen LogP contribution in [0.3, 0.4) is 0 Å². The number of hydrogen-bond donors (Lipinski definition) is 4. The number of carboxylic acids is 2. The van der Waals surface area contributed by atoms with Gasteiger partial charge < -0.3 is 20.2 Å². The number of rotatable bonds is 8. The Hall–Kier alpha value is -2.50. The first-order chi connectivity index (χ1) is 12.7. The summed E-state index contributed by atoms with van der Waals surface area (Å²) in [5, 5.41) is 19.2. The van der Waals surface area contributed by atoms with E-state index in [1.807, 2.05) is 27.7 Å². The fourth-order valence-corrected chi connectivity index (χ4v) is 4.48. The lowest BCUT2D eigenvalue weighted by Gasteiger charge is -2.33. The molecule has 0 atom stereocenters. The zero-order chi connectivity index (χ0) is 20.5. The minimum Gasteiger partial charge on any atom is -0.477 e. The highest BCUT2D eigenvalue weighted by Gasteiger charge is 2.40.